The Kier molecular flexibility index (Phi) is 6.21. The minimum absolute atomic E-state index is 0.137. The molecule has 2 rings (SSSR count). The van der Waals surface area contributed by atoms with Crippen molar-refractivity contribution in [1.82, 2.24) is 9.78 Å². The third-order valence-electron chi connectivity index (χ3n) is 3.70. The lowest BCUT2D eigenvalue weighted by molar-refractivity contribution is -0.116. The lowest BCUT2D eigenvalue weighted by Gasteiger charge is -2.19. The van der Waals surface area contributed by atoms with Gasteiger partial charge in [0.25, 0.3) is 0 Å². The number of nitrogens with one attached hydrogen (secondary N) is 3. The highest BCUT2D eigenvalue weighted by atomic mass is 16.5. The molecule has 0 aliphatic rings. The van der Waals surface area contributed by atoms with E-state index >= 15 is 0 Å². The maximum absolute atomic E-state index is 12.5. The molecule has 0 radical (unpaired) electrons. The van der Waals surface area contributed by atoms with E-state index in [0.717, 1.165) is 0 Å². The van der Waals surface area contributed by atoms with E-state index in [1.165, 1.54) is 6.92 Å². The van der Waals surface area contributed by atoms with Crippen molar-refractivity contribution >= 4 is 29.0 Å². The average Bonchev–Trinajstić information content (AvgIpc) is 3.03. The second-order valence-electron chi connectivity index (χ2n) is 6.21. The molecule has 3 N–H and O–H groups in total. The highest BCUT2D eigenvalue weighted by Crippen LogP contribution is 2.28. The fourth-order valence-corrected chi connectivity index (χ4v) is 2.46. The number of hydrogen-bond donors (Lipinski definition) is 3. The van der Waals surface area contributed by atoms with E-state index < -0.39 is 6.04 Å². The molecule has 1 unspecified atom stereocenters. The Morgan fingerprint density at radius 3 is 2.50 bits per heavy atom. The molecular formula is C18H25N5O3. The number of rotatable bonds is 7. The molecule has 0 bridgehead atoms. The third-order valence-corrected chi connectivity index (χ3v) is 3.70. The Bertz CT molecular complexity index is 785. The summed E-state index contributed by atoms with van der Waals surface area (Å²) in [7, 11) is 1.55. The van der Waals surface area contributed by atoms with Crippen molar-refractivity contribution in [2.24, 2.45) is 0 Å². The van der Waals surface area contributed by atoms with Crippen LogP contribution in [0.15, 0.2) is 30.5 Å². The zero-order valence-corrected chi connectivity index (χ0v) is 15.7. The second kappa shape index (κ2) is 8.37. The predicted octanol–water partition coefficient (Wildman–Crippen LogP) is 2.87. The Morgan fingerprint density at radius 1 is 1.15 bits per heavy atom. The summed E-state index contributed by atoms with van der Waals surface area (Å²) < 4.78 is 7.06. The van der Waals surface area contributed by atoms with Crippen LogP contribution in [0.25, 0.3) is 0 Å². The molecule has 0 fully saturated rings. The number of ether oxygens (including phenoxy) is 1. The summed E-state index contributed by atoms with van der Waals surface area (Å²) in [6.45, 7) is 7.16. The molecule has 8 heteroatoms. The monoisotopic (exact) mass is 359 g/mol. The van der Waals surface area contributed by atoms with E-state index in [1.807, 2.05) is 13.8 Å². The minimum Gasteiger partial charge on any atom is -0.495 e. The Labute approximate surface area is 152 Å². The average molecular weight is 359 g/mol. The first-order chi connectivity index (χ1) is 12.3. The van der Waals surface area contributed by atoms with Crippen molar-refractivity contribution in [3.05, 3.63) is 30.5 Å². The first-order valence-electron chi connectivity index (χ1n) is 8.38. The predicted molar refractivity (Wildman–Crippen MR) is 102 cm³/mol. The Morgan fingerprint density at radius 2 is 1.88 bits per heavy atom. The maximum Gasteiger partial charge on any atom is 0.247 e. The van der Waals surface area contributed by atoms with Gasteiger partial charge in [-0.3, -0.25) is 9.59 Å². The lowest BCUT2D eigenvalue weighted by atomic mass is 10.2. The van der Waals surface area contributed by atoms with E-state index in [9.17, 15) is 9.59 Å². The summed E-state index contributed by atoms with van der Waals surface area (Å²) in [5.41, 5.74) is 1.23. The zero-order valence-electron chi connectivity index (χ0n) is 15.7. The number of methoxy groups -OCH3 is 1. The molecule has 26 heavy (non-hydrogen) atoms. The second-order valence-corrected chi connectivity index (χ2v) is 6.21. The van der Waals surface area contributed by atoms with Crippen molar-refractivity contribution < 1.29 is 14.3 Å². The molecular weight excluding hydrogens is 334 g/mol. The Balaban J connectivity index is 2.12. The van der Waals surface area contributed by atoms with Crippen LogP contribution in [0, 0.1) is 0 Å². The summed E-state index contributed by atoms with van der Waals surface area (Å²) in [6.07, 6.45) is 1.65. The maximum atomic E-state index is 12.5. The van der Waals surface area contributed by atoms with E-state index in [-0.39, 0.29) is 17.9 Å². The first kappa shape index (κ1) is 19.3. The molecule has 1 aromatic heterocycles. The van der Waals surface area contributed by atoms with Gasteiger partial charge in [-0.2, -0.15) is 5.10 Å². The standard InChI is InChI=1S/C18H25N5O3/c1-11(2)23-17(8-9-19-23)22-18(25)12(3)20-15-10-14(21-13(4)24)6-7-16(15)26-5/h6-12,20H,1-5H3,(H,21,24)(H,22,25). The number of hydrogen-bond acceptors (Lipinski definition) is 5. The fourth-order valence-electron chi connectivity index (χ4n) is 2.46. The minimum atomic E-state index is -0.535. The molecule has 0 aliphatic heterocycles. The molecule has 2 aromatic rings. The largest absolute Gasteiger partial charge is 0.495 e. The van der Waals surface area contributed by atoms with Crippen LogP contribution in [0.3, 0.4) is 0 Å². The van der Waals surface area contributed by atoms with Crippen molar-refractivity contribution in [3.63, 3.8) is 0 Å². The molecule has 1 aromatic carbocycles. The highest BCUT2D eigenvalue weighted by Gasteiger charge is 2.17. The van der Waals surface area contributed by atoms with Gasteiger partial charge in [0.05, 0.1) is 19.0 Å². The molecule has 1 heterocycles. The van der Waals surface area contributed by atoms with Gasteiger partial charge in [0, 0.05) is 24.7 Å². The fraction of sp³-hybridized carbons (Fsp3) is 0.389. The topological polar surface area (TPSA) is 97.3 Å². The van der Waals surface area contributed by atoms with Gasteiger partial charge in [0.15, 0.2) is 0 Å². The molecule has 2 amide bonds. The third kappa shape index (κ3) is 4.75. The van der Waals surface area contributed by atoms with Gasteiger partial charge in [0.2, 0.25) is 11.8 Å². The molecule has 0 saturated carbocycles. The van der Waals surface area contributed by atoms with Crippen molar-refractivity contribution in [1.29, 1.82) is 0 Å². The number of aromatic nitrogens is 2. The van der Waals surface area contributed by atoms with E-state index in [4.69, 9.17) is 4.74 Å². The highest BCUT2D eigenvalue weighted by molar-refractivity contribution is 5.96. The number of nitrogens with zero attached hydrogens (tertiary/aromatic N) is 2. The van der Waals surface area contributed by atoms with Gasteiger partial charge in [-0.05, 0) is 39.0 Å². The molecule has 0 saturated heterocycles. The normalized spacial score (nSPS) is 11.8. The van der Waals surface area contributed by atoms with Gasteiger partial charge in [0.1, 0.15) is 17.6 Å². The molecule has 0 aliphatic carbocycles. The van der Waals surface area contributed by atoms with Gasteiger partial charge < -0.3 is 20.7 Å². The van der Waals surface area contributed by atoms with Crippen LogP contribution >= 0.6 is 0 Å². The van der Waals surface area contributed by atoms with Gasteiger partial charge in [-0.15, -0.1) is 0 Å². The van der Waals surface area contributed by atoms with Crippen LogP contribution in [0.5, 0.6) is 5.75 Å². The van der Waals surface area contributed by atoms with Crippen LogP contribution in [0.1, 0.15) is 33.7 Å². The van der Waals surface area contributed by atoms with Crippen LogP contribution in [-0.2, 0) is 9.59 Å². The smallest absolute Gasteiger partial charge is 0.247 e. The summed E-state index contributed by atoms with van der Waals surface area (Å²) in [6, 6.07) is 6.54. The van der Waals surface area contributed by atoms with Gasteiger partial charge in [-0.1, -0.05) is 0 Å². The SMILES string of the molecule is COc1ccc(NC(C)=O)cc1NC(C)C(=O)Nc1ccnn1C(C)C. The van der Waals surface area contributed by atoms with Gasteiger partial charge in [-0.25, -0.2) is 4.68 Å². The molecule has 1 atom stereocenters. The van der Waals surface area contributed by atoms with Crippen LogP contribution in [-0.4, -0.2) is 34.7 Å². The van der Waals surface area contributed by atoms with Crippen LogP contribution in [0.2, 0.25) is 0 Å². The summed E-state index contributed by atoms with van der Waals surface area (Å²) in [4.78, 5) is 23.8. The van der Waals surface area contributed by atoms with E-state index in [2.05, 4.69) is 21.0 Å². The number of carbonyl (C=O) groups excluding carboxylic acids is 2. The summed E-state index contributed by atoms with van der Waals surface area (Å²) in [5.74, 6) is 0.830. The van der Waals surface area contributed by atoms with Crippen molar-refractivity contribution in [2.45, 2.75) is 39.8 Å². The Hall–Kier alpha value is -3.03. The molecule has 8 nitrogen and oxygen atoms in total. The number of amides is 2. The number of anilines is 3. The number of benzene rings is 1. The summed E-state index contributed by atoms with van der Waals surface area (Å²) in [5, 5.41) is 12.9. The summed E-state index contributed by atoms with van der Waals surface area (Å²) >= 11 is 0. The van der Waals surface area contributed by atoms with Crippen LogP contribution < -0.4 is 20.7 Å². The molecule has 140 valence electrons. The first-order valence-corrected chi connectivity index (χ1v) is 8.38. The van der Waals surface area contributed by atoms with Crippen LogP contribution in [0.4, 0.5) is 17.2 Å². The van der Waals surface area contributed by atoms with E-state index in [1.54, 1.807) is 49.2 Å². The van der Waals surface area contributed by atoms with Crippen molar-refractivity contribution in [2.75, 3.05) is 23.1 Å². The zero-order chi connectivity index (χ0) is 19.3. The van der Waals surface area contributed by atoms with Gasteiger partial charge >= 0.3 is 0 Å². The van der Waals surface area contributed by atoms with Crippen molar-refractivity contribution in [3.8, 4) is 5.75 Å². The lowest BCUT2D eigenvalue weighted by Crippen LogP contribution is -2.33. The quantitative estimate of drug-likeness (QED) is 0.706. The number of carbonyl (C=O) groups is 2. The molecule has 0 spiro atoms. The van der Waals surface area contributed by atoms with E-state index in [0.29, 0.717) is 22.9 Å².